The Labute approximate surface area is 191 Å². The second kappa shape index (κ2) is 10.3. The maximum absolute atomic E-state index is 13.2. The topological polar surface area (TPSA) is 29.1 Å². The Hall–Kier alpha value is -2.35. The first-order valence-corrected chi connectivity index (χ1v) is 13.4. The van der Waals surface area contributed by atoms with Crippen molar-refractivity contribution in [2.45, 2.75) is 27.7 Å². The molecule has 0 aliphatic rings. The van der Waals surface area contributed by atoms with Crippen LogP contribution in [-0.4, -0.2) is 11.7 Å². The van der Waals surface area contributed by atoms with E-state index in [2.05, 4.69) is 90.4 Å². The molecule has 0 aliphatic heterocycles. The van der Waals surface area contributed by atoms with Crippen LogP contribution < -0.4 is 21.2 Å². The van der Waals surface area contributed by atoms with Gasteiger partial charge in [0.05, 0.1) is 0 Å². The quantitative estimate of drug-likeness (QED) is 0.470. The molecule has 0 spiro atoms. The van der Waals surface area contributed by atoms with Crippen molar-refractivity contribution in [1.29, 1.82) is 0 Å². The van der Waals surface area contributed by atoms with Gasteiger partial charge in [0.1, 0.15) is 15.9 Å². The van der Waals surface area contributed by atoms with Crippen molar-refractivity contribution in [3.63, 3.8) is 0 Å². The summed E-state index contributed by atoms with van der Waals surface area (Å²) in [6.07, 6.45) is 0. The summed E-state index contributed by atoms with van der Waals surface area (Å²) in [5, 5.41) is 9.23. The number of benzene rings is 3. The lowest BCUT2D eigenvalue weighted by Crippen LogP contribution is -2.41. The van der Waals surface area contributed by atoms with Crippen LogP contribution in [0.25, 0.3) is 0 Å². The summed E-state index contributed by atoms with van der Waals surface area (Å²) in [5.74, 6) is 0.968. The maximum Gasteiger partial charge on any atom is 0.232 e. The van der Waals surface area contributed by atoms with Crippen LogP contribution in [-0.2, 0) is 4.79 Å². The third-order valence-electron chi connectivity index (χ3n) is 5.08. The molecular weight excluding hydrogens is 417 g/mol. The van der Waals surface area contributed by atoms with Crippen LogP contribution in [0.1, 0.15) is 27.7 Å². The summed E-state index contributed by atoms with van der Waals surface area (Å²) >= 11 is 1.73. The zero-order valence-corrected chi connectivity index (χ0v) is 20.4. The highest BCUT2D eigenvalue weighted by Crippen LogP contribution is 2.61. The van der Waals surface area contributed by atoms with Crippen molar-refractivity contribution in [2.24, 2.45) is 5.41 Å². The molecular formula is C27H31NOPS+. The minimum absolute atomic E-state index is 0.0302. The molecule has 0 saturated heterocycles. The number of thioether (sulfide) groups is 1. The minimum atomic E-state index is -2.31. The Morgan fingerprint density at radius 2 is 1.19 bits per heavy atom. The van der Waals surface area contributed by atoms with Gasteiger partial charge in [-0.15, -0.1) is 11.8 Å². The molecule has 0 bridgehead atoms. The zero-order valence-electron chi connectivity index (χ0n) is 18.7. The fourth-order valence-electron chi connectivity index (χ4n) is 3.48. The molecule has 0 radical (unpaired) electrons. The smallest absolute Gasteiger partial charge is 0.232 e. The van der Waals surface area contributed by atoms with Gasteiger partial charge in [0.25, 0.3) is 0 Å². The van der Waals surface area contributed by atoms with Gasteiger partial charge < -0.3 is 0 Å². The second-order valence-corrected chi connectivity index (χ2v) is 12.9. The predicted molar refractivity (Wildman–Crippen MR) is 139 cm³/mol. The van der Waals surface area contributed by atoms with Crippen molar-refractivity contribution in [3.8, 4) is 0 Å². The lowest BCUT2D eigenvalue weighted by molar-refractivity contribution is -0.127. The third kappa shape index (κ3) is 5.11. The molecule has 0 fully saturated rings. The number of rotatable bonds is 7. The van der Waals surface area contributed by atoms with E-state index in [9.17, 15) is 4.79 Å². The predicted octanol–water partition coefficient (Wildman–Crippen LogP) is 5.69. The molecule has 3 rings (SSSR count). The Balaban J connectivity index is 2.38. The molecule has 0 unspecified atom stereocenters. The molecule has 1 amide bonds. The summed E-state index contributed by atoms with van der Waals surface area (Å²) in [6, 6.07) is 31.9. The normalized spacial score (nSPS) is 12.5. The van der Waals surface area contributed by atoms with Gasteiger partial charge in [-0.2, -0.15) is 0 Å². The average molecular weight is 449 g/mol. The number of carbonyl (C=O) groups excluding carboxylic acids is 1. The van der Waals surface area contributed by atoms with Gasteiger partial charge in [0, 0.05) is 10.8 Å². The van der Waals surface area contributed by atoms with E-state index in [-0.39, 0.29) is 5.91 Å². The summed E-state index contributed by atoms with van der Waals surface area (Å²) < 4.78 is 0. The van der Waals surface area contributed by atoms with Gasteiger partial charge >= 0.3 is 0 Å². The number of carbonyl (C=O) groups is 1. The third-order valence-corrected chi connectivity index (χ3v) is 10.2. The maximum atomic E-state index is 13.2. The molecule has 160 valence electrons. The lowest BCUT2D eigenvalue weighted by atomic mass is 9.96. The molecule has 0 aliphatic carbocycles. The van der Waals surface area contributed by atoms with Gasteiger partial charge in [0.15, 0.2) is 12.7 Å². The molecule has 0 saturated carbocycles. The highest BCUT2D eigenvalue weighted by molar-refractivity contribution is 8.04. The molecule has 2 nitrogen and oxygen atoms in total. The lowest BCUT2D eigenvalue weighted by Gasteiger charge is -2.30. The zero-order chi connectivity index (χ0) is 22.3. The summed E-state index contributed by atoms with van der Waals surface area (Å²) in [5.41, 5.74) is 0.498. The number of hydrogen-bond donors (Lipinski definition) is 1. The molecule has 31 heavy (non-hydrogen) atoms. The first-order chi connectivity index (χ1) is 14.9. The molecule has 3 aromatic rings. The second-order valence-electron chi connectivity index (χ2n) is 8.34. The van der Waals surface area contributed by atoms with Crippen molar-refractivity contribution >= 4 is 40.8 Å². The van der Waals surface area contributed by atoms with Crippen LogP contribution in [0.3, 0.4) is 0 Å². The van der Waals surface area contributed by atoms with E-state index in [0.717, 1.165) is 11.2 Å². The highest BCUT2D eigenvalue weighted by Gasteiger charge is 2.51. The van der Waals surface area contributed by atoms with Crippen molar-refractivity contribution in [3.05, 3.63) is 102 Å². The fraction of sp³-hybridized carbons (Fsp3) is 0.222. The van der Waals surface area contributed by atoms with Crippen LogP contribution in [0.15, 0.2) is 102 Å². The number of nitrogens with one attached hydrogen (secondary N) is 1. The van der Waals surface area contributed by atoms with E-state index < -0.39 is 12.7 Å². The summed E-state index contributed by atoms with van der Waals surface area (Å²) in [6.45, 7) is 8.01. The Kier molecular flexibility index (Phi) is 7.75. The highest BCUT2D eigenvalue weighted by atomic mass is 32.2. The van der Waals surface area contributed by atoms with Gasteiger partial charge in [-0.25, -0.2) is 0 Å². The van der Waals surface area contributed by atoms with Gasteiger partial charge in [0.2, 0.25) is 5.91 Å². The van der Waals surface area contributed by atoms with Crippen LogP contribution in [0.2, 0.25) is 0 Å². The number of amides is 1. The van der Waals surface area contributed by atoms with E-state index in [1.165, 1.54) is 15.9 Å². The largest absolute Gasteiger partial charge is 0.295 e. The average Bonchev–Trinajstić information content (AvgIpc) is 2.79. The van der Waals surface area contributed by atoms with Crippen LogP contribution >= 0.6 is 19.0 Å². The molecule has 3 aromatic carbocycles. The van der Waals surface area contributed by atoms with E-state index in [4.69, 9.17) is 0 Å². The van der Waals surface area contributed by atoms with Crippen LogP contribution in [0, 0.1) is 5.41 Å². The van der Waals surface area contributed by atoms with Crippen molar-refractivity contribution in [1.82, 2.24) is 5.32 Å². The van der Waals surface area contributed by atoms with Crippen LogP contribution in [0.4, 0.5) is 0 Å². The van der Waals surface area contributed by atoms with Gasteiger partial charge in [-0.3, -0.25) is 10.1 Å². The molecule has 0 heterocycles. The van der Waals surface area contributed by atoms with E-state index in [1.807, 2.05) is 39.0 Å². The van der Waals surface area contributed by atoms with Crippen LogP contribution in [0.5, 0.6) is 0 Å². The minimum Gasteiger partial charge on any atom is -0.295 e. The Morgan fingerprint density at radius 3 is 1.52 bits per heavy atom. The monoisotopic (exact) mass is 448 g/mol. The fourth-order valence-corrected chi connectivity index (χ4v) is 8.57. The molecule has 0 aromatic heterocycles. The van der Waals surface area contributed by atoms with E-state index in [0.29, 0.717) is 0 Å². The number of hydrogen-bond acceptors (Lipinski definition) is 2. The molecule has 0 atom stereocenters. The van der Waals surface area contributed by atoms with Gasteiger partial charge in [-0.1, -0.05) is 82.3 Å². The first-order valence-electron chi connectivity index (χ1n) is 10.6. The SMILES string of the molecule is CCSC=C(NC(=O)C(C)(C)C)[P+](c1ccccc1)(c1ccccc1)c1ccccc1. The first kappa shape index (κ1) is 23.3. The van der Waals surface area contributed by atoms with Crippen molar-refractivity contribution in [2.75, 3.05) is 5.75 Å². The summed E-state index contributed by atoms with van der Waals surface area (Å²) in [7, 11) is -2.31. The van der Waals surface area contributed by atoms with E-state index >= 15 is 0 Å². The molecule has 4 heteroatoms. The molecule has 1 N–H and O–H groups in total. The Bertz CT molecular complexity index is 915. The van der Waals surface area contributed by atoms with Gasteiger partial charge in [-0.05, 0) is 42.2 Å². The van der Waals surface area contributed by atoms with E-state index in [1.54, 1.807) is 11.8 Å². The Morgan fingerprint density at radius 1 is 0.806 bits per heavy atom. The standard InChI is InChI=1S/C27H30NOPS/c1-5-31-21-25(28-26(29)27(2,3)4)30(22-15-9-6-10-16-22,23-17-11-7-12-18-23)24-19-13-8-14-20-24/h6-21H,5H2,1-4H3/p+1. The van der Waals surface area contributed by atoms with Crippen molar-refractivity contribution < 1.29 is 4.79 Å². The summed E-state index contributed by atoms with van der Waals surface area (Å²) in [4.78, 5) is 13.2.